The molecule has 0 amide bonds. The molecule has 5 heteroatoms. The van der Waals surface area contributed by atoms with Gasteiger partial charge in [-0.05, 0) is 31.9 Å². The van der Waals surface area contributed by atoms with Crippen LogP contribution in [0.3, 0.4) is 0 Å². The van der Waals surface area contributed by atoms with Crippen molar-refractivity contribution in [2.75, 3.05) is 30.9 Å². The van der Waals surface area contributed by atoms with Crippen molar-refractivity contribution in [2.24, 2.45) is 0 Å². The molecule has 1 aromatic rings. The number of nitrogen functional groups attached to an aromatic ring is 1. The highest BCUT2D eigenvalue weighted by Crippen LogP contribution is 2.27. The monoisotopic (exact) mass is 265 g/mol. The van der Waals surface area contributed by atoms with Gasteiger partial charge in [0.1, 0.15) is 5.82 Å². The highest BCUT2D eigenvalue weighted by molar-refractivity contribution is 5.54. The summed E-state index contributed by atoms with van der Waals surface area (Å²) >= 11 is 0. The summed E-state index contributed by atoms with van der Waals surface area (Å²) in [6.07, 6.45) is 2.19. The molecule has 0 saturated carbocycles. The summed E-state index contributed by atoms with van der Waals surface area (Å²) in [5.41, 5.74) is 6.46. The number of rotatable bonds is 5. The number of hydrogen-bond acceptors (Lipinski definition) is 5. The van der Waals surface area contributed by atoms with Gasteiger partial charge in [0.25, 0.3) is 0 Å². The lowest BCUT2D eigenvalue weighted by Gasteiger charge is -2.28. The highest BCUT2D eigenvalue weighted by atomic mass is 16.5. The Kier molecular flexibility index (Phi) is 4.47. The number of hydrogen-bond donors (Lipinski definition) is 1. The molecule has 0 spiro atoms. The number of nitrogens with two attached hydrogens (primary N) is 1. The maximum absolute atomic E-state index is 5.88. The molecular formula is C14H23N3O2. The predicted octanol–water partition coefficient (Wildman–Crippen LogP) is 2.07. The number of pyridine rings is 1. The molecule has 106 valence electrons. The first kappa shape index (κ1) is 13.9. The molecule has 0 aliphatic carbocycles. The van der Waals surface area contributed by atoms with E-state index in [1.165, 1.54) is 0 Å². The van der Waals surface area contributed by atoms with Gasteiger partial charge in [0, 0.05) is 13.7 Å². The fourth-order valence-electron chi connectivity index (χ4n) is 2.35. The molecule has 0 radical (unpaired) electrons. The van der Waals surface area contributed by atoms with Gasteiger partial charge in [-0.25, -0.2) is 0 Å². The van der Waals surface area contributed by atoms with Gasteiger partial charge in [0.15, 0.2) is 0 Å². The van der Waals surface area contributed by atoms with Gasteiger partial charge in [0.2, 0.25) is 5.88 Å². The first-order valence-corrected chi connectivity index (χ1v) is 6.87. The molecule has 0 bridgehead atoms. The molecule has 0 aromatic carbocycles. The van der Waals surface area contributed by atoms with Crippen molar-refractivity contribution in [2.45, 2.75) is 38.8 Å². The maximum Gasteiger partial charge on any atom is 0.239 e. The third kappa shape index (κ3) is 3.10. The lowest BCUT2D eigenvalue weighted by Crippen LogP contribution is -2.37. The molecule has 2 rings (SSSR count). The van der Waals surface area contributed by atoms with Gasteiger partial charge < -0.3 is 20.1 Å². The minimum Gasteiger partial charge on any atom is -0.476 e. The van der Waals surface area contributed by atoms with E-state index >= 15 is 0 Å². The van der Waals surface area contributed by atoms with E-state index in [4.69, 9.17) is 15.2 Å². The van der Waals surface area contributed by atoms with E-state index < -0.39 is 0 Å². The minimum atomic E-state index is 0.226. The molecule has 5 nitrogen and oxygen atoms in total. The summed E-state index contributed by atoms with van der Waals surface area (Å²) in [5.74, 6) is 1.40. The molecular weight excluding hydrogens is 242 g/mol. The van der Waals surface area contributed by atoms with Crippen LogP contribution in [0.2, 0.25) is 0 Å². The van der Waals surface area contributed by atoms with Crippen LogP contribution in [0.15, 0.2) is 12.1 Å². The standard InChI is InChI=1S/C14H23N3O2/c1-4-8-19-14-11(15)5-6-13(16-14)17(3)12-7-9-18-10(12)2/h5-6,10,12H,4,7-9,15H2,1-3H3. The minimum absolute atomic E-state index is 0.226. The fourth-order valence-corrected chi connectivity index (χ4v) is 2.35. The summed E-state index contributed by atoms with van der Waals surface area (Å²) in [4.78, 5) is 6.66. The molecule has 2 heterocycles. The Morgan fingerprint density at radius 2 is 2.32 bits per heavy atom. The van der Waals surface area contributed by atoms with Crippen molar-refractivity contribution in [3.8, 4) is 5.88 Å². The predicted molar refractivity (Wildman–Crippen MR) is 76.7 cm³/mol. The maximum atomic E-state index is 5.88. The molecule has 19 heavy (non-hydrogen) atoms. The second kappa shape index (κ2) is 6.10. The molecule has 1 saturated heterocycles. The van der Waals surface area contributed by atoms with Crippen LogP contribution < -0.4 is 15.4 Å². The van der Waals surface area contributed by atoms with Crippen molar-refractivity contribution >= 4 is 11.5 Å². The zero-order valence-corrected chi connectivity index (χ0v) is 11.9. The Morgan fingerprint density at radius 1 is 1.53 bits per heavy atom. The fraction of sp³-hybridized carbons (Fsp3) is 0.643. The Morgan fingerprint density at radius 3 is 2.95 bits per heavy atom. The van der Waals surface area contributed by atoms with Crippen molar-refractivity contribution in [3.63, 3.8) is 0 Å². The van der Waals surface area contributed by atoms with Crippen molar-refractivity contribution in [3.05, 3.63) is 12.1 Å². The summed E-state index contributed by atoms with van der Waals surface area (Å²) in [5, 5.41) is 0. The summed E-state index contributed by atoms with van der Waals surface area (Å²) in [6, 6.07) is 4.14. The molecule has 2 atom stereocenters. The van der Waals surface area contributed by atoms with E-state index in [0.717, 1.165) is 25.3 Å². The first-order valence-electron chi connectivity index (χ1n) is 6.87. The van der Waals surface area contributed by atoms with E-state index in [2.05, 4.69) is 23.7 Å². The van der Waals surface area contributed by atoms with E-state index in [1.54, 1.807) is 0 Å². The highest BCUT2D eigenvalue weighted by Gasteiger charge is 2.28. The summed E-state index contributed by atoms with van der Waals surface area (Å²) < 4.78 is 11.2. The zero-order chi connectivity index (χ0) is 13.8. The second-order valence-electron chi connectivity index (χ2n) is 4.96. The largest absolute Gasteiger partial charge is 0.476 e. The normalized spacial score (nSPS) is 22.5. The molecule has 1 aliphatic heterocycles. The van der Waals surface area contributed by atoms with E-state index in [9.17, 15) is 0 Å². The van der Waals surface area contributed by atoms with E-state index in [0.29, 0.717) is 24.2 Å². The Labute approximate surface area is 114 Å². The molecule has 1 fully saturated rings. The smallest absolute Gasteiger partial charge is 0.239 e. The van der Waals surface area contributed by atoms with Crippen molar-refractivity contribution in [1.82, 2.24) is 4.98 Å². The first-order chi connectivity index (χ1) is 9.13. The van der Waals surface area contributed by atoms with Gasteiger partial charge in [-0.15, -0.1) is 0 Å². The Hall–Kier alpha value is -1.49. The molecule has 1 aliphatic rings. The third-order valence-electron chi connectivity index (χ3n) is 3.51. The molecule has 1 aromatic heterocycles. The topological polar surface area (TPSA) is 60.6 Å². The quantitative estimate of drug-likeness (QED) is 0.883. The SMILES string of the molecule is CCCOc1nc(N(C)C2CCOC2C)ccc1N. The second-order valence-corrected chi connectivity index (χ2v) is 4.96. The number of aromatic nitrogens is 1. The van der Waals surface area contributed by atoms with Gasteiger partial charge in [-0.3, -0.25) is 0 Å². The van der Waals surface area contributed by atoms with Gasteiger partial charge >= 0.3 is 0 Å². The van der Waals surface area contributed by atoms with Crippen LogP contribution in [-0.2, 0) is 4.74 Å². The van der Waals surface area contributed by atoms with E-state index in [-0.39, 0.29) is 6.10 Å². The van der Waals surface area contributed by atoms with Crippen LogP contribution in [0.1, 0.15) is 26.7 Å². The van der Waals surface area contributed by atoms with Crippen LogP contribution >= 0.6 is 0 Å². The lowest BCUT2D eigenvalue weighted by molar-refractivity contribution is 0.118. The average Bonchev–Trinajstić information content (AvgIpc) is 2.83. The number of ether oxygens (including phenoxy) is 2. The lowest BCUT2D eigenvalue weighted by atomic mass is 10.1. The Bertz CT molecular complexity index is 425. The number of nitrogens with zero attached hydrogens (tertiary/aromatic N) is 2. The van der Waals surface area contributed by atoms with E-state index in [1.807, 2.05) is 19.2 Å². The van der Waals surface area contributed by atoms with Crippen LogP contribution in [0, 0.1) is 0 Å². The third-order valence-corrected chi connectivity index (χ3v) is 3.51. The number of anilines is 2. The van der Waals surface area contributed by atoms with Gasteiger partial charge in [-0.2, -0.15) is 4.98 Å². The van der Waals surface area contributed by atoms with Crippen molar-refractivity contribution in [1.29, 1.82) is 0 Å². The van der Waals surface area contributed by atoms with Crippen LogP contribution in [-0.4, -0.2) is 37.4 Å². The van der Waals surface area contributed by atoms with Crippen LogP contribution in [0.25, 0.3) is 0 Å². The number of likely N-dealkylation sites (N-methyl/N-ethyl adjacent to an activating group) is 1. The van der Waals surface area contributed by atoms with Gasteiger partial charge in [-0.1, -0.05) is 6.92 Å². The van der Waals surface area contributed by atoms with Crippen LogP contribution in [0.4, 0.5) is 11.5 Å². The average molecular weight is 265 g/mol. The zero-order valence-electron chi connectivity index (χ0n) is 11.9. The molecule has 2 N–H and O–H groups in total. The summed E-state index contributed by atoms with van der Waals surface area (Å²) in [7, 11) is 2.04. The van der Waals surface area contributed by atoms with Gasteiger partial charge in [0.05, 0.1) is 24.4 Å². The Balaban J connectivity index is 2.15. The van der Waals surface area contributed by atoms with Crippen molar-refractivity contribution < 1.29 is 9.47 Å². The summed E-state index contributed by atoms with van der Waals surface area (Å²) in [6.45, 7) is 5.60. The molecule has 2 unspecified atom stereocenters. The van der Waals surface area contributed by atoms with Crippen LogP contribution in [0.5, 0.6) is 5.88 Å².